The number of aromatic hydroxyl groups is 1. The minimum atomic E-state index is -0.438. The van der Waals surface area contributed by atoms with Gasteiger partial charge in [0.2, 0.25) is 0 Å². The van der Waals surface area contributed by atoms with Crippen LogP contribution in [0.4, 0.5) is 0 Å². The third-order valence-corrected chi connectivity index (χ3v) is 6.00. The molecule has 2 aliphatic carbocycles. The summed E-state index contributed by atoms with van der Waals surface area (Å²) in [4.78, 5) is 14.6. The fraction of sp³-hybridized carbons (Fsp3) is 0.500. The van der Waals surface area contributed by atoms with Gasteiger partial charge in [-0.15, -0.1) is 0 Å². The van der Waals surface area contributed by atoms with Crippen molar-refractivity contribution < 1.29 is 19.7 Å². The van der Waals surface area contributed by atoms with Gasteiger partial charge in [0.05, 0.1) is 7.11 Å². The van der Waals surface area contributed by atoms with Crippen molar-refractivity contribution in [3.63, 3.8) is 0 Å². The van der Waals surface area contributed by atoms with E-state index in [0.717, 1.165) is 30.5 Å². The van der Waals surface area contributed by atoms with Crippen LogP contribution in [0.3, 0.4) is 0 Å². The number of ether oxygens (including phenoxy) is 1. The molecule has 1 saturated heterocycles. The number of carbonyl (C=O) groups is 1. The summed E-state index contributed by atoms with van der Waals surface area (Å²) in [6.45, 7) is 0.874. The van der Waals surface area contributed by atoms with E-state index >= 15 is 0 Å². The van der Waals surface area contributed by atoms with Gasteiger partial charge >= 0.3 is 0 Å². The number of allylic oxidation sites excluding steroid dienone is 1. The maximum atomic E-state index is 12.3. The number of piperidine rings is 1. The molecule has 1 aromatic rings. The number of hydrogen-bond donors (Lipinski definition) is 2. The number of carbonyl (C=O) groups excluding carboxylic acids is 1. The van der Waals surface area contributed by atoms with Crippen molar-refractivity contribution in [2.45, 2.75) is 30.7 Å². The molecule has 0 spiro atoms. The molecule has 1 aliphatic heterocycles. The number of aliphatic hydroxyl groups excluding tert-OH is 1. The summed E-state index contributed by atoms with van der Waals surface area (Å²) in [5.74, 6) is 0.266. The maximum Gasteiger partial charge on any atom is 0.197 e. The number of phenols is 1. The SMILES string of the molecule is COc1ccc2c(c1O)C13CCN(C)C(C2)C1C=C(O)C(=O)C3. The van der Waals surface area contributed by atoms with E-state index < -0.39 is 5.41 Å². The van der Waals surface area contributed by atoms with Gasteiger partial charge in [0, 0.05) is 29.4 Å². The molecule has 2 bridgehead atoms. The van der Waals surface area contributed by atoms with Crippen molar-refractivity contribution >= 4 is 5.78 Å². The Bertz CT molecular complexity index is 726. The van der Waals surface area contributed by atoms with Gasteiger partial charge in [-0.3, -0.25) is 4.79 Å². The number of methoxy groups -OCH3 is 1. The number of ketones is 1. The minimum absolute atomic E-state index is 0.0319. The topological polar surface area (TPSA) is 70.0 Å². The van der Waals surface area contributed by atoms with E-state index in [0.29, 0.717) is 5.75 Å². The van der Waals surface area contributed by atoms with Gasteiger partial charge in [0.25, 0.3) is 0 Å². The fourth-order valence-corrected chi connectivity index (χ4v) is 4.86. The Morgan fingerprint density at radius 2 is 2.13 bits per heavy atom. The monoisotopic (exact) mass is 315 g/mol. The summed E-state index contributed by atoms with van der Waals surface area (Å²) >= 11 is 0. The lowest BCUT2D eigenvalue weighted by Crippen LogP contribution is -2.60. The van der Waals surface area contributed by atoms with Crippen molar-refractivity contribution in [3.8, 4) is 11.5 Å². The van der Waals surface area contributed by atoms with E-state index in [4.69, 9.17) is 4.74 Å². The molecule has 3 aliphatic rings. The third kappa shape index (κ3) is 1.80. The lowest BCUT2D eigenvalue weighted by atomic mass is 9.53. The van der Waals surface area contributed by atoms with Gasteiger partial charge in [-0.05, 0) is 44.1 Å². The zero-order valence-corrected chi connectivity index (χ0v) is 13.4. The molecule has 0 amide bonds. The van der Waals surface area contributed by atoms with E-state index in [1.54, 1.807) is 12.1 Å². The molecule has 1 fully saturated rings. The predicted molar refractivity (Wildman–Crippen MR) is 84.9 cm³/mol. The molecule has 2 N–H and O–H groups in total. The first kappa shape index (κ1) is 14.6. The van der Waals surface area contributed by atoms with Crippen LogP contribution in [0.1, 0.15) is 24.0 Å². The minimum Gasteiger partial charge on any atom is -0.505 e. The average molecular weight is 315 g/mol. The van der Waals surface area contributed by atoms with E-state index in [2.05, 4.69) is 11.9 Å². The first-order valence-electron chi connectivity index (χ1n) is 8.01. The van der Waals surface area contributed by atoms with E-state index in [9.17, 15) is 15.0 Å². The maximum absolute atomic E-state index is 12.3. The molecule has 122 valence electrons. The Labute approximate surface area is 135 Å². The van der Waals surface area contributed by atoms with Gasteiger partial charge in [0.15, 0.2) is 23.0 Å². The second kappa shape index (κ2) is 4.74. The van der Waals surface area contributed by atoms with Gasteiger partial charge < -0.3 is 19.8 Å². The van der Waals surface area contributed by atoms with Gasteiger partial charge in [-0.1, -0.05) is 6.07 Å². The van der Waals surface area contributed by atoms with Crippen molar-refractivity contribution in [2.24, 2.45) is 5.92 Å². The number of likely N-dealkylation sites (tertiary alicyclic amines) is 1. The van der Waals surface area contributed by atoms with Crippen LogP contribution in [0.15, 0.2) is 24.0 Å². The van der Waals surface area contributed by atoms with Gasteiger partial charge in [-0.25, -0.2) is 0 Å². The van der Waals surface area contributed by atoms with Crippen LogP contribution in [-0.4, -0.2) is 47.6 Å². The summed E-state index contributed by atoms with van der Waals surface area (Å²) in [5.41, 5.74) is 1.49. The molecule has 0 aromatic heterocycles. The number of phenolic OH excluding ortho intramolecular Hbond substituents is 1. The van der Waals surface area contributed by atoms with Gasteiger partial charge in [-0.2, -0.15) is 0 Å². The quantitative estimate of drug-likeness (QED) is 0.829. The highest BCUT2D eigenvalue weighted by Gasteiger charge is 2.56. The average Bonchev–Trinajstić information content (AvgIpc) is 2.52. The first-order valence-corrected chi connectivity index (χ1v) is 8.01. The van der Waals surface area contributed by atoms with E-state index in [1.165, 1.54) is 7.11 Å². The van der Waals surface area contributed by atoms with E-state index in [1.807, 2.05) is 6.07 Å². The molecule has 3 unspecified atom stereocenters. The zero-order valence-electron chi connectivity index (χ0n) is 13.4. The summed E-state index contributed by atoms with van der Waals surface area (Å²) < 4.78 is 5.28. The van der Waals surface area contributed by atoms with Gasteiger partial charge in [0.1, 0.15) is 0 Å². The number of Topliss-reactive ketones (excluding diaryl/α,β-unsaturated/α-hetero) is 1. The standard InChI is InChI=1S/C18H21NO4/c1-19-6-5-18-9-14(21)13(20)8-11(18)12(19)7-10-3-4-15(23-2)17(22)16(10)18/h3-4,8,11-12,20,22H,5-7,9H2,1-2H3. The normalized spacial score (nSPS) is 32.8. The Morgan fingerprint density at radius 3 is 2.87 bits per heavy atom. The summed E-state index contributed by atoms with van der Waals surface area (Å²) in [7, 11) is 3.62. The third-order valence-electron chi connectivity index (χ3n) is 6.00. The summed E-state index contributed by atoms with van der Waals surface area (Å²) in [6, 6.07) is 4.03. The van der Waals surface area contributed by atoms with Crippen LogP contribution < -0.4 is 4.74 Å². The molecule has 1 aromatic carbocycles. The van der Waals surface area contributed by atoms with Crippen molar-refractivity contribution in [3.05, 3.63) is 35.1 Å². The molecule has 0 radical (unpaired) electrons. The van der Waals surface area contributed by atoms with Crippen LogP contribution in [0.5, 0.6) is 11.5 Å². The van der Waals surface area contributed by atoms with Crippen molar-refractivity contribution in [2.75, 3.05) is 20.7 Å². The summed E-state index contributed by atoms with van der Waals surface area (Å²) in [6.07, 6.45) is 3.55. The summed E-state index contributed by atoms with van der Waals surface area (Å²) in [5, 5.41) is 20.7. The lowest BCUT2D eigenvalue weighted by Gasteiger charge is -2.56. The molecule has 4 rings (SSSR count). The number of rotatable bonds is 1. The number of likely N-dealkylation sites (N-methyl/N-ethyl adjacent to an activating group) is 1. The van der Waals surface area contributed by atoms with Crippen LogP contribution >= 0.6 is 0 Å². The van der Waals surface area contributed by atoms with Crippen molar-refractivity contribution in [1.29, 1.82) is 0 Å². The van der Waals surface area contributed by atoms with Crippen LogP contribution in [0.2, 0.25) is 0 Å². The number of benzene rings is 1. The molecule has 23 heavy (non-hydrogen) atoms. The van der Waals surface area contributed by atoms with E-state index in [-0.39, 0.29) is 35.7 Å². The molecule has 1 heterocycles. The smallest absolute Gasteiger partial charge is 0.197 e. The number of nitrogens with zero attached hydrogens (tertiary/aromatic N) is 1. The molecule has 3 atom stereocenters. The highest BCUT2D eigenvalue weighted by Crippen LogP contribution is 2.57. The highest BCUT2D eigenvalue weighted by molar-refractivity contribution is 5.95. The molecular weight excluding hydrogens is 294 g/mol. The number of fused-ring (bicyclic) bond motifs is 1. The Morgan fingerprint density at radius 1 is 1.35 bits per heavy atom. The Hall–Kier alpha value is -2.01. The fourth-order valence-electron chi connectivity index (χ4n) is 4.86. The number of aliphatic hydroxyl groups is 1. The lowest BCUT2D eigenvalue weighted by molar-refractivity contribution is -0.122. The molecule has 5 heteroatoms. The Balaban J connectivity index is 1.99. The second-order valence-electron chi connectivity index (χ2n) is 6.99. The first-order chi connectivity index (χ1) is 11.0. The highest BCUT2D eigenvalue weighted by atomic mass is 16.5. The Kier molecular flexibility index (Phi) is 3.00. The predicted octanol–water partition coefficient (Wildman–Crippen LogP) is 1.93. The largest absolute Gasteiger partial charge is 0.505 e. The molecule has 0 saturated carbocycles. The van der Waals surface area contributed by atoms with Crippen molar-refractivity contribution in [1.82, 2.24) is 4.90 Å². The molecular formula is C18H21NO4. The molecule has 5 nitrogen and oxygen atoms in total. The van der Waals surface area contributed by atoms with Crippen LogP contribution in [0, 0.1) is 5.92 Å². The van der Waals surface area contributed by atoms with Crippen LogP contribution in [0.25, 0.3) is 0 Å². The van der Waals surface area contributed by atoms with Crippen LogP contribution in [-0.2, 0) is 16.6 Å². The second-order valence-corrected chi connectivity index (χ2v) is 6.99. The zero-order chi connectivity index (χ0) is 16.4. The number of hydrogen-bond acceptors (Lipinski definition) is 5.